The van der Waals surface area contributed by atoms with E-state index in [2.05, 4.69) is 5.32 Å². The van der Waals surface area contributed by atoms with E-state index in [0.717, 1.165) is 5.56 Å². The van der Waals surface area contributed by atoms with Crippen molar-refractivity contribution in [3.63, 3.8) is 0 Å². The molecular formula is C17H26N2O3S2. The molecule has 0 saturated heterocycles. The Hall–Kier alpha value is -1.18. The summed E-state index contributed by atoms with van der Waals surface area (Å²) in [6.07, 6.45) is 1.93. The smallest absolute Gasteiger partial charge is 0.328 e. The lowest BCUT2D eigenvalue weighted by atomic mass is 10.1. The Kier molecular flexibility index (Phi) is 9.25. The van der Waals surface area contributed by atoms with Gasteiger partial charge in [0, 0.05) is 17.4 Å². The van der Waals surface area contributed by atoms with Crippen LogP contribution in [-0.4, -0.2) is 59.4 Å². The van der Waals surface area contributed by atoms with Crippen molar-refractivity contribution in [1.29, 1.82) is 0 Å². The molecule has 1 rings (SSSR count). The molecule has 5 nitrogen and oxygen atoms in total. The van der Waals surface area contributed by atoms with Gasteiger partial charge in [0.15, 0.2) is 6.04 Å². The van der Waals surface area contributed by atoms with E-state index in [1.54, 1.807) is 11.8 Å². The summed E-state index contributed by atoms with van der Waals surface area (Å²) in [6, 6.07) is 8.93. The summed E-state index contributed by atoms with van der Waals surface area (Å²) in [4.78, 5) is 25.8. The predicted octanol–water partition coefficient (Wildman–Crippen LogP) is 2.38. The summed E-state index contributed by atoms with van der Waals surface area (Å²) in [7, 11) is 3.66. The van der Waals surface area contributed by atoms with Crippen LogP contribution in [0.5, 0.6) is 0 Å². The van der Waals surface area contributed by atoms with E-state index in [1.165, 1.54) is 11.8 Å². The van der Waals surface area contributed by atoms with Crippen molar-refractivity contribution in [1.82, 2.24) is 10.2 Å². The Bertz CT molecular complexity index is 526. The zero-order chi connectivity index (χ0) is 18.1. The van der Waals surface area contributed by atoms with Crippen LogP contribution in [0.3, 0.4) is 0 Å². The van der Waals surface area contributed by atoms with E-state index < -0.39 is 12.0 Å². The third-order valence-electron chi connectivity index (χ3n) is 3.49. The first-order valence-electron chi connectivity index (χ1n) is 7.70. The number of rotatable bonds is 10. The highest BCUT2D eigenvalue weighted by Gasteiger charge is 2.32. The first-order valence-corrected chi connectivity index (χ1v) is 10.1. The molecule has 24 heavy (non-hydrogen) atoms. The van der Waals surface area contributed by atoms with Gasteiger partial charge in [-0.05, 0) is 25.9 Å². The maximum absolute atomic E-state index is 12.2. The molecule has 3 unspecified atom stereocenters. The number of amides is 1. The minimum atomic E-state index is -1.01. The number of thioether (sulfide) groups is 2. The third kappa shape index (κ3) is 6.75. The van der Waals surface area contributed by atoms with E-state index in [-0.39, 0.29) is 17.2 Å². The number of nitrogens with one attached hydrogen (secondary N) is 1. The number of hydrogen-bond acceptors (Lipinski definition) is 5. The first-order chi connectivity index (χ1) is 11.4. The van der Waals surface area contributed by atoms with Crippen LogP contribution in [0.4, 0.5) is 0 Å². The summed E-state index contributed by atoms with van der Waals surface area (Å²) in [5.41, 5.74) is 1.13. The molecule has 0 radical (unpaired) electrons. The minimum Gasteiger partial charge on any atom is -0.480 e. The molecule has 0 aliphatic rings. The number of aliphatic carboxylic acids is 1. The van der Waals surface area contributed by atoms with Crippen LogP contribution < -0.4 is 5.32 Å². The molecule has 0 aromatic heterocycles. The molecule has 1 aromatic carbocycles. The number of carbonyl (C=O) groups excluding carboxylic acids is 1. The molecular weight excluding hydrogens is 344 g/mol. The van der Waals surface area contributed by atoms with Gasteiger partial charge in [-0.3, -0.25) is 9.69 Å². The number of benzene rings is 1. The zero-order valence-corrected chi connectivity index (χ0v) is 16.2. The van der Waals surface area contributed by atoms with Gasteiger partial charge >= 0.3 is 5.97 Å². The molecule has 0 aliphatic carbocycles. The van der Waals surface area contributed by atoms with Crippen LogP contribution in [-0.2, 0) is 15.3 Å². The maximum atomic E-state index is 12.2. The van der Waals surface area contributed by atoms with Crippen molar-refractivity contribution >= 4 is 35.4 Å². The number of nitrogens with zero attached hydrogens (tertiary/aromatic N) is 1. The summed E-state index contributed by atoms with van der Waals surface area (Å²) >= 11 is 3.08. The minimum absolute atomic E-state index is 0.219. The molecule has 7 heteroatoms. The van der Waals surface area contributed by atoms with Crippen LogP contribution in [0.2, 0.25) is 0 Å². The molecule has 1 amide bonds. The Morgan fingerprint density at radius 1 is 1.25 bits per heavy atom. The number of hydrogen-bond donors (Lipinski definition) is 2. The summed E-state index contributed by atoms with van der Waals surface area (Å²) < 4.78 is 0. The van der Waals surface area contributed by atoms with E-state index >= 15 is 0 Å². The Morgan fingerprint density at radius 3 is 2.38 bits per heavy atom. The van der Waals surface area contributed by atoms with E-state index in [0.29, 0.717) is 11.5 Å². The molecule has 0 aliphatic heterocycles. The van der Waals surface area contributed by atoms with Crippen molar-refractivity contribution in [2.24, 2.45) is 5.92 Å². The molecule has 0 bridgehead atoms. The van der Waals surface area contributed by atoms with Gasteiger partial charge in [-0.25, -0.2) is 4.79 Å². The number of carboxylic acids is 1. The molecule has 1 aromatic rings. The quantitative estimate of drug-likeness (QED) is 0.616. The molecule has 0 fully saturated rings. The van der Waals surface area contributed by atoms with Crippen molar-refractivity contribution in [2.75, 3.05) is 26.1 Å². The monoisotopic (exact) mass is 370 g/mol. The third-order valence-corrected chi connectivity index (χ3v) is 5.85. The summed E-state index contributed by atoms with van der Waals surface area (Å²) in [6.45, 7) is 1.81. The average molecular weight is 371 g/mol. The van der Waals surface area contributed by atoms with Gasteiger partial charge in [0.25, 0.3) is 0 Å². The topological polar surface area (TPSA) is 69.6 Å². The largest absolute Gasteiger partial charge is 0.480 e. The second-order valence-corrected chi connectivity index (χ2v) is 7.85. The molecule has 2 N–H and O–H groups in total. The van der Waals surface area contributed by atoms with Crippen LogP contribution >= 0.6 is 23.5 Å². The van der Waals surface area contributed by atoms with Crippen molar-refractivity contribution in [3.8, 4) is 0 Å². The highest BCUT2D eigenvalue weighted by molar-refractivity contribution is 7.99. The zero-order valence-electron chi connectivity index (χ0n) is 14.6. The Balaban J connectivity index is 2.79. The second kappa shape index (κ2) is 10.6. The van der Waals surface area contributed by atoms with Crippen LogP contribution in [0.1, 0.15) is 12.5 Å². The Morgan fingerprint density at radius 2 is 1.88 bits per heavy atom. The number of carbonyl (C=O) groups is 2. The lowest BCUT2D eigenvalue weighted by Gasteiger charge is -2.30. The molecule has 0 heterocycles. The molecule has 0 saturated carbocycles. The van der Waals surface area contributed by atoms with Crippen molar-refractivity contribution in [2.45, 2.75) is 24.1 Å². The van der Waals surface area contributed by atoms with Gasteiger partial charge in [0.1, 0.15) is 0 Å². The van der Waals surface area contributed by atoms with Gasteiger partial charge in [-0.1, -0.05) is 37.3 Å². The van der Waals surface area contributed by atoms with Crippen molar-refractivity contribution < 1.29 is 14.7 Å². The molecule has 134 valence electrons. The average Bonchev–Trinajstić information content (AvgIpc) is 2.54. The highest BCUT2D eigenvalue weighted by atomic mass is 32.2. The second-order valence-electron chi connectivity index (χ2n) is 5.83. The van der Waals surface area contributed by atoms with E-state index in [4.69, 9.17) is 0 Å². The van der Waals surface area contributed by atoms with Gasteiger partial charge in [-0.15, -0.1) is 11.8 Å². The standard InChI is InChI=1S/C17H26N2O3S2/c1-12(10-23-4)15(20)18-14(17(21)22)16(19(2)3)24-11-13-8-6-5-7-9-13/h5-9,12,14,16H,10-11H2,1-4H3,(H,18,20)(H,21,22). The lowest BCUT2D eigenvalue weighted by molar-refractivity contribution is -0.143. The Labute approximate surface area is 152 Å². The maximum Gasteiger partial charge on any atom is 0.328 e. The fourth-order valence-electron chi connectivity index (χ4n) is 2.18. The molecule has 0 spiro atoms. The van der Waals surface area contributed by atoms with Crippen LogP contribution in [0, 0.1) is 5.92 Å². The first kappa shape index (κ1) is 20.9. The highest BCUT2D eigenvalue weighted by Crippen LogP contribution is 2.23. The predicted molar refractivity (Wildman–Crippen MR) is 102 cm³/mol. The summed E-state index contributed by atoms with van der Waals surface area (Å²) in [5.74, 6) is -0.0993. The van der Waals surface area contributed by atoms with E-state index in [1.807, 2.05) is 62.5 Å². The normalized spacial score (nSPS) is 14.9. The van der Waals surface area contributed by atoms with Crippen LogP contribution in [0.25, 0.3) is 0 Å². The van der Waals surface area contributed by atoms with Gasteiger partial charge in [0.05, 0.1) is 5.37 Å². The van der Waals surface area contributed by atoms with Crippen molar-refractivity contribution in [3.05, 3.63) is 35.9 Å². The van der Waals surface area contributed by atoms with E-state index in [9.17, 15) is 14.7 Å². The van der Waals surface area contributed by atoms with Gasteiger partial charge < -0.3 is 10.4 Å². The van der Waals surface area contributed by atoms with Crippen LogP contribution in [0.15, 0.2) is 30.3 Å². The number of carboxylic acid groups (broad SMARTS) is 1. The van der Waals surface area contributed by atoms with Gasteiger partial charge in [-0.2, -0.15) is 11.8 Å². The summed E-state index contributed by atoms with van der Waals surface area (Å²) in [5, 5.41) is 11.9. The SMILES string of the molecule is CSCC(C)C(=O)NC(C(=O)O)C(SCc1ccccc1)N(C)C. The fourth-order valence-corrected chi connectivity index (χ4v) is 4.06. The fraction of sp³-hybridized carbons (Fsp3) is 0.529. The number of likely N-dealkylation sites (N-methyl/N-ethyl adjacent to an activating group) is 1. The van der Waals surface area contributed by atoms with Gasteiger partial charge in [0.2, 0.25) is 5.91 Å². The molecule has 3 atom stereocenters. The lowest BCUT2D eigenvalue weighted by Crippen LogP contribution is -2.53.